The quantitative estimate of drug-likeness (QED) is 0.138. The Bertz CT molecular complexity index is 1440. The number of amidine groups is 1. The predicted molar refractivity (Wildman–Crippen MR) is 170 cm³/mol. The number of alkyl halides is 2. The van der Waals surface area contributed by atoms with Crippen LogP contribution in [-0.2, 0) is 0 Å². The number of hydrogen-bond acceptors (Lipinski definition) is 5. The van der Waals surface area contributed by atoms with Crippen molar-refractivity contribution in [3.63, 3.8) is 0 Å². The number of nitrogen functional groups attached to an aromatic ring is 2. The second-order valence-electron chi connectivity index (χ2n) is 10.2. The summed E-state index contributed by atoms with van der Waals surface area (Å²) in [6, 6.07) is 15.3. The van der Waals surface area contributed by atoms with Crippen LogP contribution in [-0.4, -0.2) is 55.5 Å². The number of hydrogen-bond donors (Lipinski definition) is 3. The lowest BCUT2D eigenvalue weighted by molar-refractivity contribution is 0.0939. The van der Waals surface area contributed by atoms with Gasteiger partial charge in [-0.15, -0.1) is 0 Å². The summed E-state index contributed by atoms with van der Waals surface area (Å²) < 4.78 is 36.5. The lowest BCUT2D eigenvalue weighted by atomic mass is 10.0. The van der Waals surface area contributed by atoms with Crippen LogP contribution in [0.5, 0.6) is 0 Å². The highest BCUT2D eigenvalue weighted by Crippen LogP contribution is 2.25. The molecule has 5 N–H and O–H groups in total. The Balaban J connectivity index is 0.000000892. The van der Waals surface area contributed by atoms with Gasteiger partial charge in [-0.1, -0.05) is 26.9 Å². The number of carbonyl (C=O) groups is 1. The van der Waals surface area contributed by atoms with Crippen LogP contribution in [0.15, 0.2) is 59.6 Å². The van der Waals surface area contributed by atoms with Crippen molar-refractivity contribution in [3.05, 3.63) is 87.7 Å². The fourth-order valence-electron chi connectivity index (χ4n) is 4.58. The summed E-state index contributed by atoms with van der Waals surface area (Å²) in [6.45, 7) is 7.43. The molecule has 1 fully saturated rings. The first-order valence-electron chi connectivity index (χ1n) is 13.3. The molecule has 3 aromatic rings. The number of aliphatic imine (C=N–C) groups is 1. The third-order valence-electron chi connectivity index (χ3n) is 6.72. The second kappa shape index (κ2) is 14.1. The van der Waals surface area contributed by atoms with Crippen molar-refractivity contribution in [1.82, 2.24) is 10.2 Å². The van der Waals surface area contributed by atoms with Crippen LogP contribution in [0.25, 0.3) is 0 Å². The molecule has 0 bridgehead atoms. The first-order valence-corrected chi connectivity index (χ1v) is 14.3. The Morgan fingerprint density at radius 3 is 2.31 bits per heavy atom. The fraction of sp³-hybridized carbons (Fsp3) is 0.333. The van der Waals surface area contributed by atoms with E-state index in [1.807, 2.05) is 18.2 Å². The van der Waals surface area contributed by atoms with E-state index in [2.05, 4.69) is 26.2 Å². The predicted octanol–water partition coefficient (Wildman–Crippen LogP) is 6.12. The van der Waals surface area contributed by atoms with Gasteiger partial charge in [0.05, 0.1) is 6.04 Å². The smallest absolute Gasteiger partial charge is 0.256 e. The molecule has 1 amide bonds. The highest BCUT2D eigenvalue weighted by molar-refractivity contribution is 7.18. The molecule has 0 aliphatic carbocycles. The van der Waals surface area contributed by atoms with E-state index in [-0.39, 0.29) is 5.91 Å². The summed E-state index contributed by atoms with van der Waals surface area (Å²) >= 11 is 6.16. The molecule has 4 rings (SSSR count). The molecule has 2 unspecified atom stereocenters. The molecule has 0 radical (unpaired) electrons. The summed E-state index contributed by atoms with van der Waals surface area (Å²) in [7, 11) is 3.10. The van der Waals surface area contributed by atoms with E-state index >= 15 is 0 Å². The van der Waals surface area contributed by atoms with Gasteiger partial charge in [-0.05, 0) is 67.9 Å². The van der Waals surface area contributed by atoms with Gasteiger partial charge in [0.25, 0.3) is 11.6 Å². The monoisotopic (exact) mass is 620 g/mol. The molecule has 1 heterocycles. The first-order chi connectivity index (χ1) is 19.7. The van der Waals surface area contributed by atoms with E-state index in [9.17, 15) is 18.0 Å². The number of nitrogens with zero attached hydrogens (tertiary/aromatic N) is 3. The zero-order chi connectivity index (χ0) is 31.2. The van der Waals surface area contributed by atoms with Crippen molar-refractivity contribution in [2.45, 2.75) is 32.5 Å². The highest BCUT2D eigenvalue weighted by Gasteiger charge is 2.24. The van der Waals surface area contributed by atoms with Gasteiger partial charge in [-0.2, -0.15) is 0 Å². The fourth-order valence-corrected chi connectivity index (χ4v) is 4.77. The van der Waals surface area contributed by atoms with Crippen molar-refractivity contribution in [2.75, 3.05) is 49.6 Å². The third-order valence-corrected chi connectivity index (χ3v) is 6.96. The Hall–Kier alpha value is -3.49. The summed E-state index contributed by atoms with van der Waals surface area (Å²) in [5, 5.41) is 3.59. The van der Waals surface area contributed by atoms with Crippen LogP contribution in [0.2, 0.25) is 5.02 Å². The van der Waals surface area contributed by atoms with Gasteiger partial charge < -0.3 is 26.6 Å². The maximum atomic E-state index is 14.5. The molecule has 226 valence electrons. The van der Waals surface area contributed by atoms with Crippen molar-refractivity contribution in [1.29, 1.82) is 0 Å². The summed E-state index contributed by atoms with van der Waals surface area (Å²) in [4.78, 5) is 22.1. The van der Waals surface area contributed by atoms with E-state index in [4.69, 9.17) is 23.1 Å². The molecule has 7 nitrogen and oxygen atoms in total. The number of rotatable bonds is 5. The van der Waals surface area contributed by atoms with E-state index < -0.39 is 17.5 Å². The van der Waals surface area contributed by atoms with E-state index in [1.165, 1.54) is 15.3 Å². The van der Waals surface area contributed by atoms with E-state index in [0.717, 1.165) is 50.2 Å². The van der Waals surface area contributed by atoms with Gasteiger partial charge in [0.2, 0.25) is 0 Å². The van der Waals surface area contributed by atoms with Crippen molar-refractivity contribution in [2.24, 2.45) is 4.99 Å². The van der Waals surface area contributed by atoms with Crippen LogP contribution in [0, 0.1) is 12.7 Å². The number of anilines is 3. The minimum Gasteiger partial charge on any atom is -0.398 e. The van der Waals surface area contributed by atoms with E-state index in [0.29, 0.717) is 33.1 Å². The minimum absolute atomic E-state index is 0.330. The van der Waals surface area contributed by atoms with Crippen LogP contribution < -0.4 is 21.7 Å². The number of nitrogens with two attached hydrogens (primary N) is 2. The molecule has 42 heavy (non-hydrogen) atoms. The average Bonchev–Trinajstić information content (AvgIpc) is 2.91. The standard InChI is InChI=1S/C28H32ClFN6O.C2H5F2P/c1-17-13-22(24(30)16-26(17)32)18(2)34-28(37)19-7-8-25(31)23(14-19)27(33-3)36-11-9-35(10-12-36)21-6-4-5-20(29)15-21;1-2(3,4)5/h4-8,13-16,18H,9-12,31-32H2,1-3H3,(H,34,37);5H2,1H3. The van der Waals surface area contributed by atoms with Crippen LogP contribution in [0.4, 0.5) is 30.2 Å². The SMILES string of the molecule is CC(F)(F)P.CN=C(c1cc(C(=O)NC(C)c2cc(C)c(N)cc2F)ccc1N)N1CCN(c2cccc(Cl)c2)CC1. The van der Waals surface area contributed by atoms with Gasteiger partial charge >= 0.3 is 0 Å². The molecule has 1 aliphatic rings. The molecule has 12 heteroatoms. The minimum atomic E-state index is -2.58. The Kier molecular flexibility index (Phi) is 11.1. The van der Waals surface area contributed by atoms with Gasteiger partial charge in [0.1, 0.15) is 11.7 Å². The maximum absolute atomic E-state index is 14.5. The Morgan fingerprint density at radius 1 is 1.07 bits per heavy atom. The average molecular weight is 621 g/mol. The Morgan fingerprint density at radius 2 is 1.71 bits per heavy atom. The van der Waals surface area contributed by atoms with Crippen LogP contribution in [0.1, 0.15) is 46.9 Å². The molecule has 2 atom stereocenters. The maximum Gasteiger partial charge on any atom is 0.256 e. The number of amides is 1. The lowest BCUT2D eigenvalue weighted by Crippen LogP contribution is -2.49. The number of aryl methyl sites for hydroxylation is 1. The number of piperazine rings is 1. The van der Waals surface area contributed by atoms with Crippen molar-refractivity contribution >= 4 is 49.6 Å². The van der Waals surface area contributed by atoms with Gasteiger partial charge in [-0.3, -0.25) is 9.79 Å². The first kappa shape index (κ1) is 33.0. The summed E-state index contributed by atoms with van der Waals surface area (Å²) in [5.41, 5.74) is 13.8. The Labute approximate surface area is 252 Å². The molecular formula is C30H37ClF3N6OP. The summed E-state index contributed by atoms with van der Waals surface area (Å²) in [6.07, 6.45) is 0. The van der Waals surface area contributed by atoms with Gasteiger partial charge in [0.15, 0.2) is 0 Å². The molecule has 1 saturated heterocycles. The number of halogens is 4. The second-order valence-corrected chi connectivity index (χ2v) is 11.6. The van der Waals surface area contributed by atoms with Gasteiger partial charge in [0, 0.05) is 78.9 Å². The summed E-state index contributed by atoms with van der Waals surface area (Å²) in [5.74, 6) is -0.0544. The molecule has 1 aliphatic heterocycles. The van der Waals surface area contributed by atoms with Crippen molar-refractivity contribution < 1.29 is 18.0 Å². The number of benzene rings is 3. The van der Waals surface area contributed by atoms with Crippen molar-refractivity contribution in [3.8, 4) is 0 Å². The molecule has 3 aromatic carbocycles. The zero-order valence-corrected chi connectivity index (χ0v) is 26.0. The normalized spacial score (nSPS) is 14.6. The van der Waals surface area contributed by atoms with E-state index in [1.54, 1.807) is 45.2 Å². The highest BCUT2D eigenvalue weighted by atomic mass is 35.5. The number of carbonyl (C=O) groups excluding carboxylic acids is 1. The van der Waals surface area contributed by atoms with Gasteiger partial charge in [-0.25, -0.2) is 13.2 Å². The molecule has 0 spiro atoms. The van der Waals surface area contributed by atoms with Crippen LogP contribution in [0.3, 0.4) is 0 Å². The molecule has 0 saturated carbocycles. The lowest BCUT2D eigenvalue weighted by Gasteiger charge is -2.38. The third kappa shape index (κ3) is 9.00. The molecule has 0 aromatic heterocycles. The van der Waals surface area contributed by atoms with Crippen LogP contribution >= 0.6 is 20.8 Å². The zero-order valence-electron chi connectivity index (χ0n) is 24.1. The topological polar surface area (TPSA) is 100.0 Å². The molecular weight excluding hydrogens is 584 g/mol. The number of nitrogens with one attached hydrogen (secondary N) is 1. The largest absolute Gasteiger partial charge is 0.398 e.